The highest BCUT2D eigenvalue weighted by molar-refractivity contribution is 7.91. The van der Waals surface area contributed by atoms with Crippen molar-refractivity contribution in [1.82, 2.24) is 14.2 Å². The number of aromatic amines is 1. The molecular weight excluding hydrogens is 394 g/mol. The number of piperazine rings is 1. The van der Waals surface area contributed by atoms with Crippen molar-refractivity contribution in [2.24, 2.45) is 0 Å². The standard InChI is InChI=1S/C16H17N3O6S2/c1-10-15(26-16(21)17-10)27(22,23)19-6-4-18(5-7-19)14(20)11-2-3-12-13(8-11)25-9-24-12/h2-3,8H,4-7,9H2,1H3,(H,17,21). The molecule has 1 aromatic carbocycles. The minimum atomic E-state index is -3.75. The Hall–Kier alpha value is -2.37. The van der Waals surface area contributed by atoms with Gasteiger partial charge in [-0.05, 0) is 25.1 Å². The molecule has 0 spiro atoms. The number of carbonyl (C=O) groups is 1. The lowest BCUT2D eigenvalue weighted by Crippen LogP contribution is -2.50. The van der Waals surface area contributed by atoms with Crippen LogP contribution in [-0.2, 0) is 10.0 Å². The number of aromatic nitrogens is 1. The summed E-state index contributed by atoms with van der Waals surface area (Å²) in [7, 11) is -3.75. The van der Waals surface area contributed by atoms with E-state index in [0.29, 0.717) is 34.1 Å². The van der Waals surface area contributed by atoms with Crippen molar-refractivity contribution in [1.29, 1.82) is 0 Å². The second-order valence-electron chi connectivity index (χ2n) is 6.19. The molecule has 0 unspecified atom stereocenters. The van der Waals surface area contributed by atoms with Gasteiger partial charge in [-0.3, -0.25) is 9.59 Å². The van der Waals surface area contributed by atoms with Gasteiger partial charge in [0.2, 0.25) is 6.79 Å². The molecule has 0 radical (unpaired) electrons. The van der Waals surface area contributed by atoms with Crippen LogP contribution in [0.2, 0.25) is 0 Å². The molecule has 1 amide bonds. The van der Waals surface area contributed by atoms with Crippen LogP contribution in [0.3, 0.4) is 0 Å². The number of carbonyl (C=O) groups excluding carboxylic acids is 1. The average molecular weight is 411 g/mol. The van der Waals surface area contributed by atoms with Crippen molar-refractivity contribution in [3.05, 3.63) is 39.1 Å². The number of amides is 1. The zero-order valence-electron chi connectivity index (χ0n) is 14.4. The summed E-state index contributed by atoms with van der Waals surface area (Å²) in [5.74, 6) is 0.941. The van der Waals surface area contributed by atoms with Crippen molar-refractivity contribution in [2.45, 2.75) is 11.1 Å². The number of thiazole rings is 1. The second-order valence-corrected chi connectivity index (χ2v) is 9.31. The fourth-order valence-corrected chi connectivity index (χ4v) is 5.96. The Labute approximate surface area is 159 Å². The fourth-order valence-electron chi connectivity index (χ4n) is 3.10. The SMILES string of the molecule is Cc1[nH]c(=O)sc1S(=O)(=O)N1CCN(C(=O)c2ccc3c(c2)OCO3)CC1. The molecule has 0 saturated carbocycles. The van der Waals surface area contributed by atoms with E-state index in [1.165, 1.54) is 4.31 Å². The molecule has 0 aliphatic carbocycles. The predicted molar refractivity (Wildman–Crippen MR) is 96.9 cm³/mol. The van der Waals surface area contributed by atoms with Crippen LogP contribution in [0.15, 0.2) is 27.2 Å². The molecule has 1 aromatic heterocycles. The topological polar surface area (TPSA) is 109 Å². The number of sulfonamides is 1. The lowest BCUT2D eigenvalue weighted by molar-refractivity contribution is 0.0697. The molecule has 0 atom stereocenters. The van der Waals surface area contributed by atoms with Crippen molar-refractivity contribution in [3.8, 4) is 11.5 Å². The van der Waals surface area contributed by atoms with Gasteiger partial charge in [0.05, 0.1) is 0 Å². The number of hydrogen-bond donors (Lipinski definition) is 1. The summed E-state index contributed by atoms with van der Waals surface area (Å²) in [4.78, 5) is 27.8. The first-order valence-corrected chi connectivity index (χ1v) is 10.5. The Morgan fingerprint density at radius 1 is 1.15 bits per heavy atom. The number of H-pyrrole nitrogens is 1. The zero-order valence-corrected chi connectivity index (χ0v) is 16.1. The van der Waals surface area contributed by atoms with E-state index in [1.54, 1.807) is 30.0 Å². The number of fused-ring (bicyclic) bond motifs is 1. The fraction of sp³-hybridized carbons (Fsp3) is 0.375. The van der Waals surface area contributed by atoms with Crippen molar-refractivity contribution in [3.63, 3.8) is 0 Å². The second kappa shape index (κ2) is 6.66. The van der Waals surface area contributed by atoms with E-state index < -0.39 is 14.9 Å². The van der Waals surface area contributed by atoms with Crippen LogP contribution in [0, 0.1) is 6.92 Å². The molecule has 0 bridgehead atoms. The first-order valence-electron chi connectivity index (χ1n) is 8.25. The molecule has 4 rings (SSSR count). The number of ether oxygens (including phenoxy) is 2. The summed E-state index contributed by atoms with van der Waals surface area (Å²) in [6.45, 7) is 2.57. The van der Waals surface area contributed by atoms with Crippen LogP contribution in [0.25, 0.3) is 0 Å². The number of nitrogens with zero attached hydrogens (tertiary/aromatic N) is 2. The van der Waals surface area contributed by atoms with Gasteiger partial charge >= 0.3 is 4.87 Å². The van der Waals surface area contributed by atoms with Crippen LogP contribution in [-0.4, -0.2) is 61.5 Å². The Balaban J connectivity index is 1.46. The lowest BCUT2D eigenvalue weighted by Gasteiger charge is -2.33. The van der Waals surface area contributed by atoms with Crippen molar-refractivity contribution in [2.75, 3.05) is 33.0 Å². The number of nitrogens with one attached hydrogen (secondary N) is 1. The van der Waals surface area contributed by atoms with Gasteiger partial charge in [0.1, 0.15) is 0 Å². The van der Waals surface area contributed by atoms with Gasteiger partial charge in [0.25, 0.3) is 15.9 Å². The maximum atomic E-state index is 12.7. The highest BCUT2D eigenvalue weighted by atomic mass is 32.2. The van der Waals surface area contributed by atoms with Crippen molar-refractivity contribution < 1.29 is 22.7 Å². The molecule has 2 aromatic rings. The monoisotopic (exact) mass is 411 g/mol. The molecule has 1 fully saturated rings. The first-order chi connectivity index (χ1) is 12.9. The van der Waals surface area contributed by atoms with Gasteiger partial charge in [-0.1, -0.05) is 11.3 Å². The van der Waals surface area contributed by atoms with E-state index >= 15 is 0 Å². The highest BCUT2D eigenvalue weighted by Crippen LogP contribution is 2.33. The van der Waals surface area contributed by atoms with E-state index in [4.69, 9.17) is 9.47 Å². The van der Waals surface area contributed by atoms with Crippen LogP contribution in [0.4, 0.5) is 0 Å². The summed E-state index contributed by atoms with van der Waals surface area (Å²) in [5.41, 5.74) is 0.805. The van der Waals surface area contributed by atoms with Gasteiger partial charge in [-0.25, -0.2) is 8.42 Å². The van der Waals surface area contributed by atoms with E-state index in [-0.39, 0.29) is 43.1 Å². The van der Waals surface area contributed by atoms with Crippen LogP contribution in [0.1, 0.15) is 16.1 Å². The lowest BCUT2D eigenvalue weighted by atomic mass is 10.1. The molecule has 11 heteroatoms. The van der Waals surface area contributed by atoms with Gasteiger partial charge in [0.15, 0.2) is 15.7 Å². The normalized spacial score (nSPS) is 17.3. The van der Waals surface area contributed by atoms with E-state index in [1.807, 2.05) is 0 Å². The molecule has 1 saturated heterocycles. The molecule has 1 N–H and O–H groups in total. The Morgan fingerprint density at radius 2 is 1.85 bits per heavy atom. The minimum absolute atomic E-state index is 0.0306. The molecule has 3 heterocycles. The number of hydrogen-bond acceptors (Lipinski definition) is 7. The third-order valence-corrected chi connectivity index (χ3v) is 7.98. The summed E-state index contributed by atoms with van der Waals surface area (Å²) in [5, 5.41) is 0. The van der Waals surface area contributed by atoms with Gasteiger partial charge < -0.3 is 19.4 Å². The molecule has 144 valence electrons. The quantitative estimate of drug-likeness (QED) is 0.793. The molecule has 2 aliphatic rings. The van der Waals surface area contributed by atoms with E-state index in [9.17, 15) is 18.0 Å². The van der Waals surface area contributed by atoms with Crippen molar-refractivity contribution >= 4 is 27.3 Å². The van der Waals surface area contributed by atoms with Gasteiger partial charge in [-0.15, -0.1) is 0 Å². The van der Waals surface area contributed by atoms with Gasteiger partial charge in [0, 0.05) is 37.4 Å². The molecule has 27 heavy (non-hydrogen) atoms. The third kappa shape index (κ3) is 3.22. The summed E-state index contributed by atoms with van der Waals surface area (Å²) in [6.07, 6.45) is 0. The smallest absolute Gasteiger partial charge is 0.305 e. The van der Waals surface area contributed by atoms with E-state index in [2.05, 4.69) is 4.98 Å². The highest BCUT2D eigenvalue weighted by Gasteiger charge is 2.33. The van der Waals surface area contributed by atoms with Crippen LogP contribution < -0.4 is 14.3 Å². The Morgan fingerprint density at radius 3 is 2.52 bits per heavy atom. The first kappa shape index (κ1) is 18.0. The van der Waals surface area contributed by atoms with Crippen LogP contribution >= 0.6 is 11.3 Å². The molecule has 2 aliphatic heterocycles. The maximum absolute atomic E-state index is 12.7. The third-order valence-electron chi connectivity index (χ3n) is 4.50. The molecule has 9 nitrogen and oxygen atoms in total. The summed E-state index contributed by atoms with van der Waals surface area (Å²) in [6, 6.07) is 4.99. The summed E-state index contributed by atoms with van der Waals surface area (Å²) >= 11 is 0.683. The van der Waals surface area contributed by atoms with Crippen LogP contribution in [0.5, 0.6) is 11.5 Å². The number of rotatable bonds is 3. The largest absolute Gasteiger partial charge is 0.454 e. The van der Waals surface area contributed by atoms with Gasteiger partial charge in [-0.2, -0.15) is 4.31 Å². The van der Waals surface area contributed by atoms with E-state index in [0.717, 1.165) is 0 Å². The molecular formula is C16H17N3O6S2. The minimum Gasteiger partial charge on any atom is -0.454 e. The number of benzene rings is 1. The zero-order chi connectivity index (χ0) is 19.2. The summed E-state index contributed by atoms with van der Waals surface area (Å²) < 4.78 is 37.3. The average Bonchev–Trinajstić information content (AvgIpc) is 3.26. The maximum Gasteiger partial charge on any atom is 0.305 e. The Kier molecular flexibility index (Phi) is 4.44. The predicted octanol–water partition coefficient (Wildman–Crippen LogP) is 0.620. The Bertz CT molecular complexity index is 1050. The number of aryl methyl sites for hydroxylation is 1.